The molecule has 1 heterocycles. The summed E-state index contributed by atoms with van der Waals surface area (Å²) in [7, 11) is 1.62. The van der Waals surface area contributed by atoms with Gasteiger partial charge in [-0.3, -0.25) is 0 Å². The summed E-state index contributed by atoms with van der Waals surface area (Å²) in [5.74, 6) is 1.12. The van der Waals surface area contributed by atoms with E-state index in [2.05, 4.69) is 12.2 Å². The zero-order valence-corrected chi connectivity index (χ0v) is 11.4. The maximum atomic E-state index is 12.1. The average molecular weight is 263 g/mol. The molecular formula is C14H21N3O2. The minimum absolute atomic E-state index is 0.0658. The zero-order valence-electron chi connectivity index (χ0n) is 11.4. The van der Waals surface area contributed by atoms with Crippen molar-refractivity contribution in [2.75, 3.05) is 25.5 Å². The van der Waals surface area contributed by atoms with Gasteiger partial charge in [0.05, 0.1) is 7.11 Å². The Balaban J connectivity index is 1.93. The Labute approximate surface area is 113 Å². The standard InChI is InChI=1S/C14H21N3O2/c1-10-9-17(8-7-13(10)15)14(18)16-11-3-5-12(19-2)6-4-11/h3-6,10,13H,7-9,15H2,1-2H3,(H,16,18). The largest absolute Gasteiger partial charge is 0.497 e. The van der Waals surface area contributed by atoms with Crippen LogP contribution in [-0.4, -0.2) is 37.2 Å². The summed E-state index contributed by atoms with van der Waals surface area (Å²) in [6.45, 7) is 3.51. The van der Waals surface area contributed by atoms with Gasteiger partial charge in [0, 0.05) is 24.8 Å². The maximum Gasteiger partial charge on any atom is 0.321 e. The van der Waals surface area contributed by atoms with Gasteiger partial charge in [-0.05, 0) is 36.6 Å². The highest BCUT2D eigenvalue weighted by molar-refractivity contribution is 5.89. The molecule has 19 heavy (non-hydrogen) atoms. The molecule has 1 fully saturated rings. The molecule has 0 bridgehead atoms. The quantitative estimate of drug-likeness (QED) is 0.856. The van der Waals surface area contributed by atoms with E-state index in [0.717, 1.165) is 17.9 Å². The van der Waals surface area contributed by atoms with E-state index in [0.29, 0.717) is 19.0 Å². The number of hydrogen-bond acceptors (Lipinski definition) is 3. The number of ether oxygens (including phenoxy) is 1. The Morgan fingerprint density at radius 2 is 2.11 bits per heavy atom. The zero-order chi connectivity index (χ0) is 13.8. The molecule has 0 saturated carbocycles. The highest BCUT2D eigenvalue weighted by Gasteiger charge is 2.26. The third-order valence-electron chi connectivity index (χ3n) is 3.60. The van der Waals surface area contributed by atoms with E-state index in [1.165, 1.54) is 0 Å². The van der Waals surface area contributed by atoms with Gasteiger partial charge in [-0.2, -0.15) is 0 Å². The second-order valence-corrected chi connectivity index (χ2v) is 5.03. The molecule has 0 spiro atoms. The van der Waals surface area contributed by atoms with Crippen LogP contribution >= 0.6 is 0 Å². The number of methoxy groups -OCH3 is 1. The lowest BCUT2D eigenvalue weighted by molar-refractivity contribution is 0.172. The van der Waals surface area contributed by atoms with Crippen molar-refractivity contribution in [1.82, 2.24) is 4.90 Å². The van der Waals surface area contributed by atoms with Crippen LogP contribution in [0.15, 0.2) is 24.3 Å². The first kappa shape index (κ1) is 13.7. The molecule has 2 amide bonds. The summed E-state index contributed by atoms with van der Waals surface area (Å²) < 4.78 is 5.08. The van der Waals surface area contributed by atoms with Crippen molar-refractivity contribution in [3.63, 3.8) is 0 Å². The van der Waals surface area contributed by atoms with Crippen LogP contribution in [-0.2, 0) is 0 Å². The molecule has 0 radical (unpaired) electrons. The van der Waals surface area contributed by atoms with Gasteiger partial charge >= 0.3 is 6.03 Å². The molecule has 0 aliphatic carbocycles. The summed E-state index contributed by atoms with van der Waals surface area (Å²) in [5.41, 5.74) is 6.72. The van der Waals surface area contributed by atoms with Crippen LogP contribution in [0.25, 0.3) is 0 Å². The number of amides is 2. The predicted molar refractivity (Wildman–Crippen MR) is 75.3 cm³/mol. The first-order valence-corrected chi connectivity index (χ1v) is 6.55. The summed E-state index contributed by atoms with van der Waals surface area (Å²) in [4.78, 5) is 13.9. The summed E-state index contributed by atoms with van der Waals surface area (Å²) in [5, 5.41) is 2.89. The van der Waals surface area contributed by atoms with Crippen molar-refractivity contribution in [1.29, 1.82) is 0 Å². The van der Waals surface area contributed by atoms with Crippen LogP contribution in [0.1, 0.15) is 13.3 Å². The minimum atomic E-state index is -0.0658. The normalized spacial score (nSPS) is 23.0. The number of hydrogen-bond donors (Lipinski definition) is 2. The number of nitrogens with zero attached hydrogens (tertiary/aromatic N) is 1. The Hall–Kier alpha value is -1.75. The van der Waals surface area contributed by atoms with Crippen LogP contribution < -0.4 is 15.8 Å². The van der Waals surface area contributed by atoms with E-state index in [-0.39, 0.29) is 12.1 Å². The number of nitrogens with one attached hydrogen (secondary N) is 1. The van der Waals surface area contributed by atoms with Crippen molar-refractivity contribution >= 4 is 11.7 Å². The molecule has 2 atom stereocenters. The van der Waals surface area contributed by atoms with E-state index in [1.54, 1.807) is 7.11 Å². The number of carbonyl (C=O) groups is 1. The smallest absolute Gasteiger partial charge is 0.321 e. The minimum Gasteiger partial charge on any atom is -0.497 e. The van der Waals surface area contributed by atoms with E-state index in [1.807, 2.05) is 29.2 Å². The average Bonchev–Trinajstić information content (AvgIpc) is 2.42. The summed E-state index contributed by atoms with van der Waals surface area (Å²) >= 11 is 0. The number of anilines is 1. The molecule has 5 nitrogen and oxygen atoms in total. The highest BCUT2D eigenvalue weighted by atomic mass is 16.5. The Morgan fingerprint density at radius 1 is 1.42 bits per heavy atom. The monoisotopic (exact) mass is 263 g/mol. The third-order valence-corrected chi connectivity index (χ3v) is 3.60. The second-order valence-electron chi connectivity index (χ2n) is 5.03. The molecule has 1 aliphatic rings. The lowest BCUT2D eigenvalue weighted by Crippen LogP contribution is -2.49. The fourth-order valence-electron chi connectivity index (χ4n) is 2.23. The van der Waals surface area contributed by atoms with E-state index >= 15 is 0 Å². The fraction of sp³-hybridized carbons (Fsp3) is 0.500. The number of likely N-dealkylation sites (tertiary alicyclic amines) is 1. The Kier molecular flexibility index (Phi) is 4.27. The summed E-state index contributed by atoms with van der Waals surface area (Å²) in [6.07, 6.45) is 0.858. The predicted octanol–water partition coefficient (Wildman–Crippen LogP) is 1.90. The SMILES string of the molecule is COc1ccc(NC(=O)N2CCC(N)C(C)C2)cc1. The van der Waals surface area contributed by atoms with Gasteiger partial charge in [-0.1, -0.05) is 6.92 Å². The van der Waals surface area contributed by atoms with Crippen LogP contribution in [0, 0.1) is 5.92 Å². The van der Waals surface area contributed by atoms with Gasteiger partial charge in [0.1, 0.15) is 5.75 Å². The molecule has 3 N–H and O–H groups in total. The van der Waals surface area contributed by atoms with E-state index in [4.69, 9.17) is 10.5 Å². The molecule has 104 valence electrons. The second kappa shape index (κ2) is 5.93. The molecule has 1 aromatic rings. The van der Waals surface area contributed by atoms with E-state index < -0.39 is 0 Å². The molecule has 1 aliphatic heterocycles. The van der Waals surface area contributed by atoms with Gasteiger partial charge in [0.25, 0.3) is 0 Å². The first-order chi connectivity index (χ1) is 9.10. The van der Waals surface area contributed by atoms with Gasteiger partial charge in [0.15, 0.2) is 0 Å². The third kappa shape index (κ3) is 3.38. The Bertz CT molecular complexity index is 433. The number of rotatable bonds is 2. The molecule has 0 aromatic heterocycles. The van der Waals surface area contributed by atoms with Crippen molar-refractivity contribution < 1.29 is 9.53 Å². The number of piperidine rings is 1. The number of benzene rings is 1. The molecule has 2 rings (SSSR count). The lowest BCUT2D eigenvalue weighted by atomic mass is 9.95. The highest BCUT2D eigenvalue weighted by Crippen LogP contribution is 2.18. The van der Waals surface area contributed by atoms with Crippen molar-refractivity contribution in [2.24, 2.45) is 11.7 Å². The van der Waals surface area contributed by atoms with Crippen LogP contribution in [0.4, 0.5) is 10.5 Å². The lowest BCUT2D eigenvalue weighted by Gasteiger charge is -2.35. The number of nitrogens with two attached hydrogens (primary N) is 1. The van der Waals surface area contributed by atoms with Gasteiger partial charge in [-0.15, -0.1) is 0 Å². The van der Waals surface area contributed by atoms with Gasteiger partial charge < -0.3 is 20.7 Å². The van der Waals surface area contributed by atoms with Crippen molar-refractivity contribution in [3.8, 4) is 5.75 Å². The molecule has 1 saturated heterocycles. The van der Waals surface area contributed by atoms with Crippen molar-refractivity contribution in [3.05, 3.63) is 24.3 Å². The van der Waals surface area contributed by atoms with Crippen LogP contribution in [0.2, 0.25) is 0 Å². The van der Waals surface area contributed by atoms with E-state index in [9.17, 15) is 4.79 Å². The molecular weight excluding hydrogens is 242 g/mol. The van der Waals surface area contributed by atoms with Gasteiger partial charge in [-0.25, -0.2) is 4.79 Å². The fourth-order valence-corrected chi connectivity index (χ4v) is 2.23. The Morgan fingerprint density at radius 3 is 2.68 bits per heavy atom. The molecule has 2 unspecified atom stereocenters. The first-order valence-electron chi connectivity index (χ1n) is 6.55. The molecule has 5 heteroatoms. The van der Waals surface area contributed by atoms with Crippen LogP contribution in [0.5, 0.6) is 5.75 Å². The van der Waals surface area contributed by atoms with Crippen molar-refractivity contribution in [2.45, 2.75) is 19.4 Å². The molecule has 1 aromatic carbocycles. The topological polar surface area (TPSA) is 67.6 Å². The number of carbonyl (C=O) groups excluding carboxylic acids is 1. The maximum absolute atomic E-state index is 12.1. The van der Waals surface area contributed by atoms with Crippen LogP contribution in [0.3, 0.4) is 0 Å². The number of urea groups is 1. The van der Waals surface area contributed by atoms with Gasteiger partial charge in [0.2, 0.25) is 0 Å². The summed E-state index contributed by atoms with van der Waals surface area (Å²) in [6, 6.07) is 7.44.